The van der Waals surface area contributed by atoms with E-state index in [9.17, 15) is 4.79 Å². The molecular weight excluding hydrogens is 272 g/mol. The molecule has 1 fully saturated rings. The Morgan fingerprint density at radius 2 is 1.86 bits per heavy atom. The fraction of sp³-hybridized carbons (Fsp3) is 0.933. The molecule has 1 N–H and O–H groups in total. The fourth-order valence-corrected chi connectivity index (χ4v) is 3.16. The maximum absolute atomic E-state index is 12.2. The Balaban J connectivity index is 2.75. The zero-order chi connectivity index (χ0) is 15.7. The average Bonchev–Trinajstić information content (AvgIpc) is 2.54. The summed E-state index contributed by atoms with van der Waals surface area (Å²) in [6, 6.07) is 0.343. The molecule has 0 spiro atoms. The minimum atomic E-state index is -0.559. The van der Waals surface area contributed by atoms with Gasteiger partial charge in [-0.2, -0.15) is 0 Å². The van der Waals surface area contributed by atoms with E-state index in [-0.39, 0.29) is 5.97 Å². The third kappa shape index (κ3) is 4.92. The third-order valence-electron chi connectivity index (χ3n) is 4.46. The summed E-state index contributed by atoms with van der Waals surface area (Å²) < 4.78 is 15.4. The van der Waals surface area contributed by atoms with Crippen molar-refractivity contribution in [2.24, 2.45) is 0 Å². The minimum Gasteiger partial charge on any atom is -0.468 e. The molecule has 0 saturated heterocycles. The van der Waals surface area contributed by atoms with Crippen LogP contribution in [0.5, 0.6) is 0 Å². The van der Waals surface area contributed by atoms with Gasteiger partial charge in [0.2, 0.25) is 0 Å². The Kier molecular flexibility index (Phi) is 8.18. The Hall–Kier alpha value is -0.690. The number of ether oxygens (including phenoxy) is 3. The van der Waals surface area contributed by atoms with Crippen LogP contribution < -0.4 is 5.32 Å². The van der Waals surface area contributed by atoms with Gasteiger partial charge in [-0.25, -0.2) is 0 Å². The Morgan fingerprint density at radius 1 is 1.24 bits per heavy atom. The lowest BCUT2D eigenvalue weighted by molar-refractivity contribution is -0.151. The quantitative estimate of drug-likeness (QED) is 0.631. The van der Waals surface area contributed by atoms with Gasteiger partial charge in [-0.3, -0.25) is 9.69 Å². The zero-order valence-electron chi connectivity index (χ0n) is 13.8. The summed E-state index contributed by atoms with van der Waals surface area (Å²) in [5.74, 6) is -0.159. The van der Waals surface area contributed by atoms with Gasteiger partial charge in [-0.05, 0) is 32.7 Å². The SMILES string of the molecule is CNC1(C(=O)OC)CCCC(N(CCOC)CCOC)C1. The van der Waals surface area contributed by atoms with Crippen LogP contribution in [0.2, 0.25) is 0 Å². The molecule has 1 aliphatic carbocycles. The van der Waals surface area contributed by atoms with Gasteiger partial charge in [0.15, 0.2) is 0 Å². The second-order valence-electron chi connectivity index (χ2n) is 5.60. The van der Waals surface area contributed by atoms with E-state index in [1.165, 1.54) is 7.11 Å². The normalized spacial score (nSPS) is 26.0. The molecule has 1 saturated carbocycles. The highest BCUT2D eigenvalue weighted by Crippen LogP contribution is 2.32. The molecule has 124 valence electrons. The van der Waals surface area contributed by atoms with Crippen LogP contribution in [0.1, 0.15) is 25.7 Å². The lowest BCUT2D eigenvalue weighted by atomic mass is 9.78. The van der Waals surface area contributed by atoms with Crippen LogP contribution in [-0.4, -0.2) is 77.1 Å². The van der Waals surface area contributed by atoms with Gasteiger partial charge >= 0.3 is 5.97 Å². The molecule has 21 heavy (non-hydrogen) atoms. The number of nitrogens with one attached hydrogen (secondary N) is 1. The number of esters is 1. The van der Waals surface area contributed by atoms with E-state index < -0.39 is 5.54 Å². The van der Waals surface area contributed by atoms with Gasteiger partial charge in [0.05, 0.1) is 20.3 Å². The van der Waals surface area contributed by atoms with Gasteiger partial charge < -0.3 is 19.5 Å². The molecule has 0 heterocycles. The highest BCUT2D eigenvalue weighted by atomic mass is 16.5. The largest absolute Gasteiger partial charge is 0.468 e. The van der Waals surface area contributed by atoms with Crippen molar-refractivity contribution >= 4 is 5.97 Å². The average molecular weight is 302 g/mol. The van der Waals surface area contributed by atoms with Gasteiger partial charge in [-0.15, -0.1) is 0 Å². The summed E-state index contributed by atoms with van der Waals surface area (Å²) in [5, 5.41) is 3.20. The molecule has 1 rings (SSSR count). The van der Waals surface area contributed by atoms with Gasteiger partial charge in [0, 0.05) is 33.4 Å². The number of nitrogens with zero attached hydrogens (tertiary/aromatic N) is 1. The number of methoxy groups -OCH3 is 3. The van der Waals surface area contributed by atoms with Crippen molar-refractivity contribution in [3.05, 3.63) is 0 Å². The molecular formula is C15H30N2O4. The van der Waals surface area contributed by atoms with E-state index in [4.69, 9.17) is 14.2 Å². The second kappa shape index (κ2) is 9.35. The summed E-state index contributed by atoms with van der Waals surface area (Å²) in [6.45, 7) is 3.08. The van der Waals surface area contributed by atoms with Crippen molar-refractivity contribution in [1.82, 2.24) is 10.2 Å². The van der Waals surface area contributed by atoms with E-state index in [1.54, 1.807) is 14.2 Å². The maximum atomic E-state index is 12.2. The first-order valence-electron chi connectivity index (χ1n) is 7.62. The molecule has 0 aromatic carbocycles. The zero-order valence-corrected chi connectivity index (χ0v) is 13.8. The lowest BCUT2D eigenvalue weighted by Crippen LogP contribution is -2.58. The standard InChI is InChI=1S/C15H30N2O4/c1-16-15(14(18)21-4)7-5-6-13(12-15)17(8-10-19-2)9-11-20-3/h13,16H,5-12H2,1-4H3. The van der Waals surface area contributed by atoms with Crippen LogP contribution in [-0.2, 0) is 19.0 Å². The van der Waals surface area contributed by atoms with Crippen LogP contribution in [0.25, 0.3) is 0 Å². The summed E-state index contributed by atoms with van der Waals surface area (Å²) >= 11 is 0. The Morgan fingerprint density at radius 3 is 2.33 bits per heavy atom. The molecule has 0 aromatic heterocycles. The van der Waals surface area contributed by atoms with Crippen molar-refractivity contribution in [3.8, 4) is 0 Å². The Bertz CT molecular complexity index is 306. The van der Waals surface area contributed by atoms with Crippen molar-refractivity contribution in [2.75, 3.05) is 54.7 Å². The second-order valence-corrected chi connectivity index (χ2v) is 5.60. The van der Waals surface area contributed by atoms with Crippen LogP contribution in [0, 0.1) is 0 Å². The van der Waals surface area contributed by atoms with Crippen LogP contribution >= 0.6 is 0 Å². The van der Waals surface area contributed by atoms with Crippen molar-refractivity contribution in [2.45, 2.75) is 37.3 Å². The van der Waals surface area contributed by atoms with E-state index in [2.05, 4.69) is 10.2 Å². The van der Waals surface area contributed by atoms with E-state index in [1.807, 2.05) is 7.05 Å². The van der Waals surface area contributed by atoms with Crippen molar-refractivity contribution in [3.63, 3.8) is 0 Å². The predicted molar refractivity (Wildman–Crippen MR) is 81.4 cm³/mol. The monoisotopic (exact) mass is 302 g/mol. The van der Waals surface area contributed by atoms with Crippen LogP contribution in [0.15, 0.2) is 0 Å². The van der Waals surface area contributed by atoms with E-state index in [0.29, 0.717) is 19.3 Å². The van der Waals surface area contributed by atoms with E-state index in [0.717, 1.165) is 38.8 Å². The fourth-order valence-electron chi connectivity index (χ4n) is 3.16. The molecule has 2 atom stereocenters. The summed E-state index contributed by atoms with van der Waals surface area (Å²) in [6.07, 6.45) is 3.70. The first-order valence-corrected chi connectivity index (χ1v) is 7.62. The summed E-state index contributed by atoms with van der Waals surface area (Å²) in [4.78, 5) is 14.5. The number of hydrogen-bond acceptors (Lipinski definition) is 6. The Labute approximate surface area is 128 Å². The van der Waals surface area contributed by atoms with Crippen molar-refractivity contribution in [1.29, 1.82) is 0 Å². The molecule has 1 aliphatic rings. The van der Waals surface area contributed by atoms with Crippen LogP contribution in [0.4, 0.5) is 0 Å². The summed E-state index contributed by atoms with van der Waals surface area (Å²) in [5.41, 5.74) is -0.559. The molecule has 6 heteroatoms. The summed E-state index contributed by atoms with van der Waals surface area (Å²) in [7, 11) is 6.72. The predicted octanol–water partition coefficient (Wildman–Crippen LogP) is 0.655. The van der Waals surface area contributed by atoms with Gasteiger partial charge in [0.25, 0.3) is 0 Å². The molecule has 0 amide bonds. The molecule has 2 unspecified atom stereocenters. The first-order chi connectivity index (χ1) is 10.1. The van der Waals surface area contributed by atoms with Gasteiger partial charge in [0.1, 0.15) is 5.54 Å². The number of carbonyl (C=O) groups excluding carboxylic acids is 1. The number of carbonyl (C=O) groups is 1. The minimum absolute atomic E-state index is 0.159. The van der Waals surface area contributed by atoms with Crippen LogP contribution in [0.3, 0.4) is 0 Å². The van der Waals surface area contributed by atoms with Gasteiger partial charge in [-0.1, -0.05) is 0 Å². The molecule has 0 radical (unpaired) electrons. The maximum Gasteiger partial charge on any atom is 0.326 e. The lowest BCUT2D eigenvalue weighted by Gasteiger charge is -2.42. The topological polar surface area (TPSA) is 60.0 Å². The first kappa shape index (κ1) is 18.4. The number of likely N-dealkylation sites (N-methyl/N-ethyl adjacent to an activating group) is 1. The molecule has 6 nitrogen and oxygen atoms in total. The smallest absolute Gasteiger partial charge is 0.326 e. The number of rotatable bonds is 9. The molecule has 0 aliphatic heterocycles. The van der Waals surface area contributed by atoms with E-state index >= 15 is 0 Å². The highest BCUT2D eigenvalue weighted by Gasteiger charge is 2.43. The van der Waals surface area contributed by atoms with Crippen molar-refractivity contribution < 1.29 is 19.0 Å². The molecule has 0 aromatic rings. The third-order valence-corrected chi connectivity index (χ3v) is 4.46. The molecule has 0 bridgehead atoms. The number of hydrogen-bond donors (Lipinski definition) is 1. The highest BCUT2D eigenvalue weighted by molar-refractivity contribution is 5.81.